The van der Waals surface area contributed by atoms with Crippen LogP contribution in [-0.4, -0.2) is 4.57 Å². The van der Waals surface area contributed by atoms with Crippen LogP contribution in [0.2, 0.25) is 0 Å². The van der Waals surface area contributed by atoms with Gasteiger partial charge in [-0.05, 0) is 52.0 Å². The van der Waals surface area contributed by atoms with E-state index in [0.29, 0.717) is 0 Å². The van der Waals surface area contributed by atoms with Crippen LogP contribution in [0, 0.1) is 13.8 Å². The summed E-state index contributed by atoms with van der Waals surface area (Å²) in [4.78, 5) is 0. The Hall–Kier alpha value is -4.11. The van der Waals surface area contributed by atoms with Gasteiger partial charge in [-0.2, -0.15) is 9.13 Å². The van der Waals surface area contributed by atoms with E-state index in [4.69, 9.17) is 4.42 Å². The highest BCUT2D eigenvalue weighted by Crippen LogP contribution is 2.37. The van der Waals surface area contributed by atoms with Gasteiger partial charge in [0.05, 0.1) is 5.41 Å². The molecule has 2 heterocycles. The smallest absolute Gasteiger partial charge is 0.273 e. The van der Waals surface area contributed by atoms with Gasteiger partial charge in [0.25, 0.3) is 5.82 Å². The zero-order chi connectivity index (χ0) is 25.0. The average Bonchev–Trinajstić information content (AvgIpc) is 3.40. The first kappa shape index (κ1) is 22.4. The summed E-state index contributed by atoms with van der Waals surface area (Å²) in [6.07, 6.45) is 0. The maximum Gasteiger partial charge on any atom is 0.273 e. The predicted molar refractivity (Wildman–Crippen MR) is 148 cm³/mol. The predicted octanol–water partition coefficient (Wildman–Crippen LogP) is 8.23. The van der Waals surface area contributed by atoms with Gasteiger partial charge in [0.2, 0.25) is 0 Å². The van der Waals surface area contributed by atoms with Crippen molar-refractivity contribution in [2.45, 2.75) is 40.0 Å². The Bertz CT molecular complexity index is 1720. The molecule has 6 rings (SSSR count). The minimum atomic E-state index is -0.158. The van der Waals surface area contributed by atoms with Crippen molar-refractivity contribution in [1.82, 2.24) is 4.57 Å². The van der Waals surface area contributed by atoms with Crippen LogP contribution in [-0.2, 0) is 5.41 Å². The zero-order valence-corrected chi connectivity index (χ0v) is 21.5. The van der Waals surface area contributed by atoms with Crippen molar-refractivity contribution < 1.29 is 8.98 Å². The van der Waals surface area contributed by atoms with Crippen molar-refractivity contribution in [3.63, 3.8) is 0 Å². The standard InChI is InChI=1S/C33H31N2O/c1-22-20-21-27-26-18-12-13-19-28(26)36-31(27)29(22)34-23(2)30(24-14-8-6-9-15-24)35(32(34)33(3,4)5)25-16-10-7-11-17-25/h6-21H,1-5H3/q+1. The number of benzene rings is 4. The van der Waals surface area contributed by atoms with Crippen LogP contribution in [0.5, 0.6) is 0 Å². The van der Waals surface area contributed by atoms with E-state index in [9.17, 15) is 0 Å². The first-order chi connectivity index (χ1) is 17.4. The topological polar surface area (TPSA) is 21.9 Å². The molecule has 0 unspecified atom stereocenters. The number of nitrogens with zero attached hydrogens (tertiary/aromatic N) is 2. The number of hydrogen-bond donors (Lipinski definition) is 0. The molecule has 0 aliphatic heterocycles. The molecule has 178 valence electrons. The second-order valence-corrected chi connectivity index (χ2v) is 10.6. The Kier molecular flexibility index (Phi) is 5.11. The normalized spacial score (nSPS) is 12.0. The summed E-state index contributed by atoms with van der Waals surface area (Å²) in [5.41, 5.74) is 8.71. The fraction of sp³-hybridized carbons (Fsp3) is 0.182. The Morgan fingerprint density at radius 3 is 2.03 bits per heavy atom. The molecule has 0 aliphatic rings. The van der Waals surface area contributed by atoms with Crippen LogP contribution in [0.15, 0.2) is 101 Å². The number of hydrogen-bond acceptors (Lipinski definition) is 1. The van der Waals surface area contributed by atoms with Gasteiger partial charge >= 0.3 is 0 Å². The highest BCUT2D eigenvalue weighted by molar-refractivity contribution is 6.07. The molecule has 0 saturated carbocycles. The third kappa shape index (κ3) is 3.38. The molecule has 0 aliphatic carbocycles. The van der Waals surface area contributed by atoms with E-state index in [1.807, 2.05) is 6.07 Å². The molecule has 6 aromatic rings. The summed E-state index contributed by atoms with van der Waals surface area (Å²) in [5.74, 6) is 1.21. The third-order valence-electron chi connectivity index (χ3n) is 7.00. The van der Waals surface area contributed by atoms with Gasteiger partial charge in [-0.15, -0.1) is 0 Å². The summed E-state index contributed by atoms with van der Waals surface area (Å²) in [6.45, 7) is 11.3. The highest BCUT2D eigenvalue weighted by Gasteiger charge is 2.40. The molecule has 0 saturated heterocycles. The van der Waals surface area contributed by atoms with E-state index in [2.05, 4.69) is 135 Å². The van der Waals surface area contributed by atoms with Gasteiger partial charge in [0.15, 0.2) is 22.7 Å². The van der Waals surface area contributed by atoms with Gasteiger partial charge in [-0.25, -0.2) is 0 Å². The summed E-state index contributed by atoms with van der Waals surface area (Å²) < 4.78 is 11.4. The molecular formula is C33H31N2O+. The van der Waals surface area contributed by atoms with Crippen molar-refractivity contribution in [2.75, 3.05) is 0 Å². The molecule has 0 amide bonds. The van der Waals surface area contributed by atoms with Crippen LogP contribution in [0.3, 0.4) is 0 Å². The molecule has 0 fully saturated rings. The second kappa shape index (κ2) is 8.23. The number of imidazole rings is 1. The van der Waals surface area contributed by atoms with Crippen LogP contribution in [0.25, 0.3) is 44.6 Å². The van der Waals surface area contributed by atoms with Gasteiger partial charge in [-0.1, -0.05) is 72.8 Å². The van der Waals surface area contributed by atoms with Crippen molar-refractivity contribution in [3.8, 4) is 22.6 Å². The van der Waals surface area contributed by atoms with Crippen LogP contribution in [0.1, 0.15) is 37.9 Å². The summed E-state index contributed by atoms with van der Waals surface area (Å²) in [6, 6.07) is 34.1. The van der Waals surface area contributed by atoms with E-state index in [1.54, 1.807) is 0 Å². The number of aryl methyl sites for hydroxylation is 1. The highest BCUT2D eigenvalue weighted by atomic mass is 16.3. The van der Waals surface area contributed by atoms with Gasteiger partial charge < -0.3 is 4.42 Å². The number of fused-ring (bicyclic) bond motifs is 3. The maximum atomic E-state index is 6.57. The van der Waals surface area contributed by atoms with Crippen LogP contribution >= 0.6 is 0 Å². The fourth-order valence-corrected chi connectivity index (χ4v) is 5.49. The molecule has 0 N–H and O–H groups in total. The van der Waals surface area contributed by atoms with E-state index >= 15 is 0 Å². The van der Waals surface area contributed by atoms with E-state index in [0.717, 1.165) is 33.3 Å². The molecule has 0 bridgehead atoms. The van der Waals surface area contributed by atoms with Gasteiger partial charge in [0.1, 0.15) is 11.3 Å². The Labute approximate surface area is 212 Å². The lowest BCUT2D eigenvalue weighted by atomic mass is 9.94. The van der Waals surface area contributed by atoms with Crippen molar-refractivity contribution >= 4 is 21.9 Å². The molecule has 0 spiro atoms. The minimum absolute atomic E-state index is 0.158. The summed E-state index contributed by atoms with van der Waals surface area (Å²) >= 11 is 0. The maximum absolute atomic E-state index is 6.57. The van der Waals surface area contributed by atoms with Crippen LogP contribution in [0.4, 0.5) is 0 Å². The quantitative estimate of drug-likeness (QED) is 0.238. The minimum Gasteiger partial charge on any atom is -0.452 e. The molecule has 3 nitrogen and oxygen atoms in total. The number of rotatable bonds is 3. The van der Waals surface area contributed by atoms with Gasteiger partial charge in [-0.3, -0.25) is 0 Å². The molecule has 36 heavy (non-hydrogen) atoms. The second-order valence-electron chi connectivity index (χ2n) is 10.6. The molecular weight excluding hydrogens is 440 g/mol. The van der Waals surface area contributed by atoms with E-state index in [-0.39, 0.29) is 5.41 Å². The van der Waals surface area contributed by atoms with Crippen molar-refractivity contribution in [1.29, 1.82) is 0 Å². The van der Waals surface area contributed by atoms with E-state index < -0.39 is 0 Å². The third-order valence-corrected chi connectivity index (χ3v) is 7.00. The lowest BCUT2D eigenvalue weighted by molar-refractivity contribution is -0.613. The fourth-order valence-electron chi connectivity index (χ4n) is 5.49. The first-order valence-electron chi connectivity index (χ1n) is 12.6. The number of aromatic nitrogens is 2. The summed E-state index contributed by atoms with van der Waals surface area (Å²) in [7, 11) is 0. The van der Waals surface area contributed by atoms with Gasteiger partial charge in [0, 0.05) is 28.8 Å². The number of furan rings is 1. The molecule has 3 heteroatoms. The zero-order valence-electron chi connectivity index (χ0n) is 21.5. The molecule has 2 aromatic heterocycles. The van der Waals surface area contributed by atoms with Crippen LogP contribution < -0.4 is 4.57 Å². The Morgan fingerprint density at radius 2 is 1.33 bits per heavy atom. The monoisotopic (exact) mass is 471 g/mol. The number of para-hydroxylation sites is 2. The Balaban J connectivity index is 1.82. The molecule has 0 radical (unpaired) electrons. The summed E-state index contributed by atoms with van der Waals surface area (Å²) in [5, 5.41) is 2.29. The van der Waals surface area contributed by atoms with Crippen molar-refractivity contribution in [3.05, 3.63) is 114 Å². The molecule has 4 aromatic carbocycles. The molecule has 0 atom stereocenters. The first-order valence-corrected chi connectivity index (χ1v) is 12.6. The van der Waals surface area contributed by atoms with Crippen molar-refractivity contribution in [2.24, 2.45) is 0 Å². The lowest BCUT2D eigenvalue weighted by Crippen LogP contribution is -2.43. The van der Waals surface area contributed by atoms with E-state index in [1.165, 1.54) is 28.3 Å². The Morgan fingerprint density at radius 1 is 0.694 bits per heavy atom. The lowest BCUT2D eigenvalue weighted by Gasteiger charge is -2.18. The average molecular weight is 472 g/mol. The largest absolute Gasteiger partial charge is 0.452 e. The SMILES string of the molecule is Cc1ccc2c(oc3ccccc32)c1-[n+]1c(C)c(-c2ccccc2)n(-c2ccccc2)c1C(C)(C)C.